The van der Waals surface area contributed by atoms with E-state index in [1.807, 2.05) is 0 Å². The maximum atomic E-state index is 11.8. The van der Waals surface area contributed by atoms with E-state index in [1.54, 1.807) is 32.9 Å². The molecule has 1 aromatic heterocycles. The summed E-state index contributed by atoms with van der Waals surface area (Å²) in [6, 6.07) is -1.35. The summed E-state index contributed by atoms with van der Waals surface area (Å²) in [5.74, 6) is -1.08. The molecule has 2 heterocycles. The molecule has 1 aromatic rings. The highest BCUT2D eigenvalue weighted by Crippen LogP contribution is 2.22. The van der Waals surface area contributed by atoms with Crippen molar-refractivity contribution in [2.24, 2.45) is 0 Å². The van der Waals surface area contributed by atoms with Crippen molar-refractivity contribution in [2.75, 3.05) is 0 Å². The molecule has 0 spiro atoms. The Kier molecular flexibility index (Phi) is 6.23. The van der Waals surface area contributed by atoms with E-state index in [2.05, 4.69) is 10.5 Å². The number of hydrogen-bond acceptors (Lipinski definition) is 6. The predicted molar refractivity (Wildman–Crippen MR) is 91.9 cm³/mol. The summed E-state index contributed by atoms with van der Waals surface area (Å²) >= 11 is 0. The van der Waals surface area contributed by atoms with Crippen molar-refractivity contribution in [3.05, 3.63) is 28.5 Å². The van der Waals surface area contributed by atoms with Gasteiger partial charge in [0.1, 0.15) is 11.6 Å². The molecule has 0 radical (unpaired) electrons. The van der Waals surface area contributed by atoms with Gasteiger partial charge >= 0.3 is 17.8 Å². The normalized spacial score (nSPS) is 18.8. The number of nitrogens with one attached hydrogen (secondary N) is 1. The number of allylic oxidation sites excluding steroid dienone is 1. The molecular formula is C17H25N3O6. The molecule has 0 aliphatic carbocycles. The van der Waals surface area contributed by atoms with Crippen molar-refractivity contribution in [1.82, 2.24) is 15.0 Å². The lowest BCUT2D eigenvalue weighted by molar-refractivity contribution is -0.139. The van der Waals surface area contributed by atoms with Crippen molar-refractivity contribution in [1.29, 1.82) is 0 Å². The molecule has 0 saturated heterocycles. The summed E-state index contributed by atoms with van der Waals surface area (Å²) in [5.41, 5.74) is -0.713. The maximum Gasteiger partial charge on any atom is 0.442 e. The van der Waals surface area contributed by atoms with E-state index >= 15 is 0 Å². The third-order valence-corrected chi connectivity index (χ3v) is 3.90. The third-order valence-electron chi connectivity index (χ3n) is 3.90. The van der Waals surface area contributed by atoms with Crippen molar-refractivity contribution in [3.8, 4) is 0 Å². The molecule has 26 heavy (non-hydrogen) atoms. The highest BCUT2D eigenvalue weighted by atomic mass is 16.6. The minimum atomic E-state index is -1.16. The fourth-order valence-electron chi connectivity index (χ4n) is 2.77. The van der Waals surface area contributed by atoms with Crippen molar-refractivity contribution in [2.45, 2.75) is 70.6 Å². The fourth-order valence-corrected chi connectivity index (χ4v) is 2.77. The van der Waals surface area contributed by atoms with Crippen LogP contribution in [0.25, 0.3) is 0 Å². The average Bonchev–Trinajstić information content (AvgIpc) is 2.75. The zero-order chi connectivity index (χ0) is 19.3. The third kappa shape index (κ3) is 5.47. The zero-order valence-electron chi connectivity index (χ0n) is 15.2. The van der Waals surface area contributed by atoms with Gasteiger partial charge in [0.25, 0.3) is 0 Å². The van der Waals surface area contributed by atoms with Gasteiger partial charge in [-0.25, -0.2) is 14.4 Å². The number of aryl methyl sites for hydroxylation is 1. The number of carbonyl (C=O) groups is 2. The first kappa shape index (κ1) is 19.7. The van der Waals surface area contributed by atoms with Gasteiger partial charge in [0, 0.05) is 6.42 Å². The highest BCUT2D eigenvalue weighted by Gasteiger charge is 2.24. The highest BCUT2D eigenvalue weighted by molar-refractivity contribution is 5.80. The monoisotopic (exact) mass is 367 g/mol. The van der Waals surface area contributed by atoms with Crippen molar-refractivity contribution >= 4 is 12.1 Å². The van der Waals surface area contributed by atoms with E-state index in [1.165, 1.54) is 4.57 Å². The number of amides is 1. The van der Waals surface area contributed by atoms with Crippen LogP contribution in [0.3, 0.4) is 0 Å². The number of carboxylic acid groups (broad SMARTS) is 1. The Morgan fingerprint density at radius 1 is 1.46 bits per heavy atom. The lowest BCUT2D eigenvalue weighted by atomic mass is 10.1. The van der Waals surface area contributed by atoms with Crippen LogP contribution >= 0.6 is 0 Å². The second-order valence-corrected chi connectivity index (χ2v) is 7.25. The van der Waals surface area contributed by atoms with Gasteiger partial charge in [0.2, 0.25) is 0 Å². The Bertz CT molecular complexity index is 728. The van der Waals surface area contributed by atoms with Gasteiger partial charge < -0.3 is 15.2 Å². The number of hydrogen-bond donors (Lipinski definition) is 2. The smallest absolute Gasteiger partial charge is 0.442 e. The van der Waals surface area contributed by atoms with E-state index in [-0.39, 0.29) is 12.5 Å². The van der Waals surface area contributed by atoms with E-state index in [0.29, 0.717) is 12.2 Å². The van der Waals surface area contributed by atoms with Crippen LogP contribution in [0.5, 0.6) is 0 Å². The Balaban J connectivity index is 2.02. The number of aliphatic carboxylic acids is 1. The molecule has 1 unspecified atom stereocenters. The molecule has 0 bridgehead atoms. The number of ether oxygens (including phenoxy) is 1. The Labute approximate surface area is 151 Å². The van der Waals surface area contributed by atoms with Gasteiger partial charge in [-0.05, 0) is 40.0 Å². The van der Waals surface area contributed by atoms with Crippen LogP contribution in [0.15, 0.2) is 21.5 Å². The van der Waals surface area contributed by atoms with Crippen molar-refractivity contribution < 1.29 is 24.0 Å². The zero-order valence-corrected chi connectivity index (χ0v) is 15.2. The first-order valence-electron chi connectivity index (χ1n) is 8.63. The Morgan fingerprint density at radius 3 is 2.85 bits per heavy atom. The molecule has 1 aliphatic heterocycles. The average molecular weight is 367 g/mol. The predicted octanol–water partition coefficient (Wildman–Crippen LogP) is 2.03. The number of nitrogens with zero attached hydrogens (tertiary/aromatic N) is 2. The Morgan fingerprint density at radius 2 is 2.19 bits per heavy atom. The molecule has 9 heteroatoms. The van der Waals surface area contributed by atoms with E-state index in [0.717, 1.165) is 19.3 Å². The summed E-state index contributed by atoms with van der Waals surface area (Å²) in [5, 5.41) is 15.4. The maximum absolute atomic E-state index is 11.8. The van der Waals surface area contributed by atoms with Crippen molar-refractivity contribution in [3.63, 3.8) is 0 Å². The van der Waals surface area contributed by atoms with E-state index < -0.39 is 29.5 Å². The fraction of sp³-hybridized carbons (Fsp3) is 0.647. The molecule has 9 nitrogen and oxygen atoms in total. The molecule has 0 aromatic carbocycles. The first-order chi connectivity index (χ1) is 12.2. The van der Waals surface area contributed by atoms with Gasteiger partial charge in [-0.2, -0.15) is 0 Å². The second kappa shape index (κ2) is 8.20. The van der Waals surface area contributed by atoms with Gasteiger partial charge in [0.05, 0.1) is 6.04 Å². The quantitative estimate of drug-likeness (QED) is 0.763. The molecule has 1 aliphatic rings. The summed E-state index contributed by atoms with van der Waals surface area (Å²) in [6.07, 6.45) is 5.95. The Hall–Kier alpha value is -2.58. The number of carbonyl (C=O) groups excluding carboxylic acids is 1. The van der Waals surface area contributed by atoms with Gasteiger partial charge in [-0.3, -0.25) is 9.09 Å². The lowest BCUT2D eigenvalue weighted by Gasteiger charge is -2.21. The number of aromatic nitrogens is 2. The summed E-state index contributed by atoms with van der Waals surface area (Å²) in [4.78, 5) is 35.0. The van der Waals surface area contributed by atoms with Gasteiger partial charge in [0.15, 0.2) is 5.82 Å². The number of fused-ring (bicyclic) bond motifs is 1. The molecule has 2 atom stereocenters. The van der Waals surface area contributed by atoms with Crippen LogP contribution in [0.1, 0.15) is 58.3 Å². The van der Waals surface area contributed by atoms with Crippen LogP contribution in [0.2, 0.25) is 0 Å². The number of carboxylic acids is 1. The lowest BCUT2D eigenvalue weighted by Crippen LogP contribution is -2.43. The van der Waals surface area contributed by atoms with Gasteiger partial charge in [-0.15, -0.1) is 0 Å². The molecule has 2 rings (SSSR count). The molecule has 2 N–H and O–H groups in total. The number of rotatable bonds is 5. The topological polar surface area (TPSA) is 124 Å². The van der Waals surface area contributed by atoms with Crippen LogP contribution in [-0.4, -0.2) is 38.5 Å². The number of alkyl carbamates (subject to hydrolysis) is 1. The van der Waals surface area contributed by atoms with Crippen LogP contribution in [-0.2, 0) is 16.0 Å². The van der Waals surface area contributed by atoms with E-state index in [9.17, 15) is 19.5 Å². The SMILES string of the molecule is CC(C)(C)OC(=O)N[C@@H](CC=CC1CCCCc2noc(=O)n21)C(=O)O. The largest absolute Gasteiger partial charge is 0.480 e. The van der Waals surface area contributed by atoms with Crippen LogP contribution in [0.4, 0.5) is 4.79 Å². The van der Waals surface area contributed by atoms with Crippen LogP contribution < -0.4 is 11.1 Å². The first-order valence-corrected chi connectivity index (χ1v) is 8.63. The molecule has 0 fully saturated rings. The summed E-state index contributed by atoms with van der Waals surface area (Å²) in [7, 11) is 0. The molecular weight excluding hydrogens is 342 g/mol. The minimum absolute atomic E-state index is 0.0699. The molecule has 0 saturated carbocycles. The molecule has 144 valence electrons. The summed E-state index contributed by atoms with van der Waals surface area (Å²) in [6.45, 7) is 5.09. The summed E-state index contributed by atoms with van der Waals surface area (Å²) < 4.78 is 11.3. The van der Waals surface area contributed by atoms with E-state index in [4.69, 9.17) is 9.26 Å². The molecule has 1 amide bonds. The standard InChI is InChI=1S/C17H25N3O6/c1-17(2,3)25-15(23)18-12(14(21)22)9-6-8-11-7-4-5-10-13-19-26-16(24)20(11)13/h6,8,11-12H,4-5,7,9-10H2,1-3H3,(H,18,23)(H,21,22)/t11?,12-/m0/s1. The van der Waals surface area contributed by atoms with Crippen LogP contribution in [0, 0.1) is 0 Å². The minimum Gasteiger partial charge on any atom is -0.480 e. The second-order valence-electron chi connectivity index (χ2n) is 7.25. The van der Waals surface area contributed by atoms with Gasteiger partial charge in [-0.1, -0.05) is 23.7 Å².